The number of pyridine rings is 1. The van der Waals surface area contributed by atoms with E-state index in [4.69, 9.17) is 0 Å². The number of rotatable bonds is 7. The first-order valence-corrected chi connectivity index (χ1v) is 8.24. The van der Waals surface area contributed by atoms with E-state index < -0.39 is 23.7 Å². The zero-order chi connectivity index (χ0) is 20.9. The van der Waals surface area contributed by atoms with Gasteiger partial charge in [0.25, 0.3) is 0 Å². The minimum absolute atomic E-state index is 0.00356. The smallest absolute Gasteiger partial charge is 0.403 e. The standard InChI is InChI=1S/C18H18F5N3O2/c1-10(7-24-11(2)27)8-25-16-6-15(26-9-14(16)20)12-3-4-17(13(19)5-12)28-18(21,22)23/h3-6,9-10H,7-8H2,1-2H3,(H,24,27)(H,25,26). The molecule has 5 nitrogen and oxygen atoms in total. The Morgan fingerprint density at radius 3 is 2.50 bits per heavy atom. The second-order valence-electron chi connectivity index (χ2n) is 6.17. The van der Waals surface area contributed by atoms with E-state index in [0.29, 0.717) is 13.1 Å². The van der Waals surface area contributed by atoms with Crippen LogP contribution in [0.5, 0.6) is 5.75 Å². The van der Waals surface area contributed by atoms with Crippen LogP contribution in [0.1, 0.15) is 13.8 Å². The topological polar surface area (TPSA) is 63.2 Å². The van der Waals surface area contributed by atoms with Crippen LogP contribution >= 0.6 is 0 Å². The summed E-state index contributed by atoms with van der Waals surface area (Å²) in [5.41, 5.74) is 0.410. The first kappa shape index (κ1) is 21.4. The Bertz CT molecular complexity index is 842. The Kier molecular flexibility index (Phi) is 6.76. The number of carbonyl (C=O) groups excluding carboxylic acids is 1. The number of hydrogen-bond donors (Lipinski definition) is 2. The van der Waals surface area contributed by atoms with Crippen molar-refractivity contribution >= 4 is 11.6 Å². The summed E-state index contributed by atoms with van der Waals surface area (Å²) in [7, 11) is 0. The molecule has 2 N–H and O–H groups in total. The molecule has 0 aliphatic heterocycles. The second-order valence-corrected chi connectivity index (χ2v) is 6.17. The normalized spacial score (nSPS) is 12.4. The highest BCUT2D eigenvalue weighted by atomic mass is 19.4. The molecular weight excluding hydrogens is 385 g/mol. The summed E-state index contributed by atoms with van der Waals surface area (Å²) < 4.78 is 68.1. The number of alkyl halides is 3. The number of ether oxygens (including phenoxy) is 1. The maximum absolute atomic E-state index is 14.0. The van der Waals surface area contributed by atoms with Gasteiger partial charge >= 0.3 is 6.36 Å². The molecule has 0 radical (unpaired) electrons. The number of amides is 1. The summed E-state index contributed by atoms with van der Waals surface area (Å²) in [6.07, 6.45) is -4.09. The van der Waals surface area contributed by atoms with Gasteiger partial charge in [-0.25, -0.2) is 8.78 Å². The van der Waals surface area contributed by atoms with Crippen LogP contribution in [0.3, 0.4) is 0 Å². The third-order valence-electron chi connectivity index (χ3n) is 3.65. The third-order valence-corrected chi connectivity index (χ3v) is 3.65. The van der Waals surface area contributed by atoms with Crippen LogP contribution in [-0.2, 0) is 4.79 Å². The first-order chi connectivity index (χ1) is 13.0. The van der Waals surface area contributed by atoms with E-state index in [1.54, 1.807) is 0 Å². The minimum Gasteiger partial charge on any atom is -0.403 e. The van der Waals surface area contributed by atoms with Crippen molar-refractivity contribution in [1.29, 1.82) is 0 Å². The van der Waals surface area contributed by atoms with Crippen molar-refractivity contribution in [1.82, 2.24) is 10.3 Å². The van der Waals surface area contributed by atoms with Crippen molar-refractivity contribution in [2.75, 3.05) is 18.4 Å². The predicted molar refractivity (Wildman–Crippen MR) is 92.6 cm³/mol. The van der Waals surface area contributed by atoms with Gasteiger partial charge in [-0.1, -0.05) is 6.92 Å². The van der Waals surface area contributed by atoms with E-state index in [-0.39, 0.29) is 28.8 Å². The predicted octanol–water partition coefficient (Wildman–Crippen LogP) is 4.11. The molecule has 28 heavy (non-hydrogen) atoms. The van der Waals surface area contributed by atoms with Gasteiger partial charge in [-0.05, 0) is 30.2 Å². The SMILES string of the molecule is CC(=O)NCC(C)CNc1cc(-c2ccc(OC(F)(F)F)c(F)c2)ncc1F. The fraction of sp³-hybridized carbons (Fsp3) is 0.333. The van der Waals surface area contributed by atoms with Crippen LogP contribution in [-0.4, -0.2) is 30.3 Å². The highest BCUT2D eigenvalue weighted by Crippen LogP contribution is 2.30. The summed E-state index contributed by atoms with van der Waals surface area (Å²) >= 11 is 0. The Morgan fingerprint density at radius 2 is 1.89 bits per heavy atom. The van der Waals surface area contributed by atoms with E-state index in [1.165, 1.54) is 19.1 Å². The lowest BCUT2D eigenvalue weighted by molar-refractivity contribution is -0.275. The number of nitrogens with zero attached hydrogens (tertiary/aromatic N) is 1. The fourth-order valence-corrected chi connectivity index (χ4v) is 2.27. The van der Waals surface area contributed by atoms with Crippen LogP contribution in [0.15, 0.2) is 30.5 Å². The molecule has 152 valence electrons. The van der Waals surface area contributed by atoms with Gasteiger partial charge in [-0.3, -0.25) is 9.78 Å². The molecule has 0 spiro atoms. The average molecular weight is 403 g/mol. The number of anilines is 1. The van der Waals surface area contributed by atoms with E-state index in [0.717, 1.165) is 18.3 Å². The number of carbonyl (C=O) groups is 1. The van der Waals surface area contributed by atoms with Gasteiger partial charge in [0.15, 0.2) is 17.4 Å². The molecule has 0 saturated carbocycles. The van der Waals surface area contributed by atoms with E-state index in [1.807, 2.05) is 6.92 Å². The molecular formula is C18H18F5N3O2. The molecule has 1 unspecified atom stereocenters. The number of nitrogens with one attached hydrogen (secondary N) is 2. The molecule has 1 heterocycles. The largest absolute Gasteiger partial charge is 0.573 e. The van der Waals surface area contributed by atoms with Crippen molar-refractivity contribution in [2.24, 2.45) is 5.92 Å². The van der Waals surface area contributed by atoms with E-state index in [9.17, 15) is 26.7 Å². The summed E-state index contributed by atoms with van der Waals surface area (Å²) in [6.45, 7) is 3.97. The molecule has 0 aliphatic rings. The van der Waals surface area contributed by atoms with Gasteiger partial charge in [0, 0.05) is 25.6 Å². The first-order valence-electron chi connectivity index (χ1n) is 8.24. The van der Waals surface area contributed by atoms with Crippen LogP contribution in [0.2, 0.25) is 0 Å². The van der Waals surface area contributed by atoms with Gasteiger partial charge in [0.05, 0.1) is 17.6 Å². The molecule has 1 aromatic carbocycles. The Balaban J connectivity index is 2.14. The minimum atomic E-state index is -5.01. The molecule has 1 atom stereocenters. The number of benzene rings is 1. The summed E-state index contributed by atoms with van der Waals surface area (Å²) in [5.74, 6) is -3.02. The highest BCUT2D eigenvalue weighted by molar-refractivity contribution is 5.72. The molecule has 2 aromatic rings. The molecule has 2 rings (SSSR count). The van der Waals surface area contributed by atoms with Crippen molar-refractivity contribution in [3.8, 4) is 17.0 Å². The molecule has 1 amide bonds. The lowest BCUT2D eigenvalue weighted by Gasteiger charge is -2.15. The zero-order valence-corrected chi connectivity index (χ0v) is 15.0. The van der Waals surface area contributed by atoms with Crippen molar-refractivity contribution in [3.63, 3.8) is 0 Å². The lowest BCUT2D eigenvalue weighted by atomic mass is 10.1. The molecule has 0 saturated heterocycles. The number of aromatic nitrogens is 1. The molecule has 0 aliphatic carbocycles. The van der Waals surface area contributed by atoms with Crippen molar-refractivity contribution < 1.29 is 31.5 Å². The number of halogens is 5. The average Bonchev–Trinajstić information content (AvgIpc) is 2.60. The van der Waals surface area contributed by atoms with E-state index >= 15 is 0 Å². The quantitative estimate of drug-likeness (QED) is 0.683. The Labute approximate surface area is 157 Å². The number of hydrogen-bond acceptors (Lipinski definition) is 4. The highest BCUT2D eigenvalue weighted by Gasteiger charge is 2.32. The van der Waals surface area contributed by atoms with Gasteiger partial charge in [0.1, 0.15) is 0 Å². The Morgan fingerprint density at radius 1 is 1.18 bits per heavy atom. The van der Waals surface area contributed by atoms with Gasteiger partial charge < -0.3 is 15.4 Å². The van der Waals surface area contributed by atoms with Crippen LogP contribution in [0, 0.1) is 17.6 Å². The van der Waals surface area contributed by atoms with Crippen LogP contribution < -0.4 is 15.4 Å². The van der Waals surface area contributed by atoms with Crippen molar-refractivity contribution in [3.05, 3.63) is 42.1 Å². The molecule has 0 fully saturated rings. The lowest BCUT2D eigenvalue weighted by Crippen LogP contribution is -2.29. The summed E-state index contributed by atoms with van der Waals surface area (Å²) in [4.78, 5) is 14.7. The maximum atomic E-state index is 14.0. The zero-order valence-electron chi connectivity index (χ0n) is 15.0. The Hall–Kier alpha value is -2.91. The van der Waals surface area contributed by atoms with Crippen LogP contribution in [0.25, 0.3) is 11.3 Å². The third kappa shape index (κ3) is 6.36. The summed E-state index contributed by atoms with van der Waals surface area (Å²) in [6, 6.07) is 4.16. The monoisotopic (exact) mass is 403 g/mol. The summed E-state index contributed by atoms with van der Waals surface area (Å²) in [5, 5.41) is 5.51. The molecule has 10 heteroatoms. The molecule has 1 aromatic heterocycles. The van der Waals surface area contributed by atoms with Gasteiger partial charge in [-0.2, -0.15) is 0 Å². The maximum Gasteiger partial charge on any atom is 0.573 e. The fourth-order valence-electron chi connectivity index (χ4n) is 2.27. The van der Waals surface area contributed by atoms with Crippen LogP contribution in [0.4, 0.5) is 27.6 Å². The second kappa shape index (κ2) is 8.85. The molecule has 0 bridgehead atoms. The van der Waals surface area contributed by atoms with E-state index in [2.05, 4.69) is 20.4 Å². The van der Waals surface area contributed by atoms with Crippen molar-refractivity contribution in [2.45, 2.75) is 20.2 Å². The van der Waals surface area contributed by atoms with Gasteiger partial charge in [0.2, 0.25) is 5.91 Å². The van der Waals surface area contributed by atoms with Gasteiger partial charge in [-0.15, -0.1) is 13.2 Å².